The van der Waals surface area contributed by atoms with Crippen molar-refractivity contribution in [3.63, 3.8) is 0 Å². The minimum atomic E-state index is 0.383. The van der Waals surface area contributed by atoms with Gasteiger partial charge in [-0.05, 0) is 81.6 Å². The van der Waals surface area contributed by atoms with Gasteiger partial charge < -0.3 is 0 Å². The summed E-state index contributed by atoms with van der Waals surface area (Å²) in [7, 11) is 0. The van der Waals surface area contributed by atoms with Crippen LogP contribution in [0.25, 0.3) is 0 Å². The minimum absolute atomic E-state index is 0.383. The predicted molar refractivity (Wildman–Crippen MR) is 83.3 cm³/mol. The molecular formula is C18H24OS. The molecule has 0 spiro atoms. The lowest BCUT2D eigenvalue weighted by atomic mass is 9.48. The monoisotopic (exact) mass is 288 g/mol. The van der Waals surface area contributed by atoms with Crippen LogP contribution in [-0.4, -0.2) is 5.78 Å². The zero-order valence-corrected chi connectivity index (χ0v) is 13.4. The van der Waals surface area contributed by atoms with Gasteiger partial charge in [0.15, 0.2) is 5.78 Å². The van der Waals surface area contributed by atoms with Gasteiger partial charge in [-0.15, -0.1) is 11.3 Å². The Morgan fingerprint density at radius 2 is 1.70 bits per heavy atom. The molecule has 5 rings (SSSR count). The van der Waals surface area contributed by atoms with E-state index in [1.807, 2.05) is 0 Å². The topological polar surface area (TPSA) is 17.1 Å². The van der Waals surface area contributed by atoms with E-state index in [-0.39, 0.29) is 0 Å². The number of hydrogen-bond acceptors (Lipinski definition) is 2. The Bertz CT molecular complexity index is 518. The van der Waals surface area contributed by atoms with Crippen LogP contribution in [0.15, 0.2) is 6.07 Å². The van der Waals surface area contributed by atoms with Gasteiger partial charge in [-0.2, -0.15) is 0 Å². The fraction of sp³-hybridized carbons (Fsp3) is 0.722. The summed E-state index contributed by atoms with van der Waals surface area (Å²) < 4.78 is 0. The van der Waals surface area contributed by atoms with E-state index in [4.69, 9.17) is 0 Å². The van der Waals surface area contributed by atoms with Gasteiger partial charge in [-0.1, -0.05) is 0 Å². The minimum Gasteiger partial charge on any atom is -0.294 e. The van der Waals surface area contributed by atoms with Crippen LogP contribution in [0.2, 0.25) is 0 Å². The first-order chi connectivity index (χ1) is 9.53. The summed E-state index contributed by atoms with van der Waals surface area (Å²) in [6.07, 6.45) is 9.23. The van der Waals surface area contributed by atoms with Gasteiger partial charge >= 0.3 is 0 Å². The van der Waals surface area contributed by atoms with Crippen molar-refractivity contribution in [2.75, 3.05) is 0 Å². The summed E-state index contributed by atoms with van der Waals surface area (Å²) in [6.45, 7) is 4.21. The maximum absolute atomic E-state index is 12.8. The highest BCUT2D eigenvalue weighted by Gasteiger charge is 2.51. The zero-order chi connectivity index (χ0) is 13.9. The van der Waals surface area contributed by atoms with E-state index >= 15 is 0 Å². The quantitative estimate of drug-likeness (QED) is 0.703. The van der Waals surface area contributed by atoms with E-state index in [0.29, 0.717) is 11.2 Å². The van der Waals surface area contributed by atoms with E-state index in [2.05, 4.69) is 19.9 Å². The summed E-state index contributed by atoms with van der Waals surface area (Å²) in [4.78, 5) is 15.3. The number of ketones is 1. The average molecular weight is 288 g/mol. The van der Waals surface area contributed by atoms with Crippen molar-refractivity contribution in [2.45, 2.75) is 58.8 Å². The van der Waals surface area contributed by atoms with Gasteiger partial charge in [-0.25, -0.2) is 0 Å². The number of Topliss-reactive ketones (excluding diaryl/α,β-unsaturated/α-hetero) is 1. The van der Waals surface area contributed by atoms with Gasteiger partial charge in [-0.3, -0.25) is 4.79 Å². The highest BCUT2D eigenvalue weighted by atomic mass is 32.1. The van der Waals surface area contributed by atoms with E-state index in [0.717, 1.165) is 29.7 Å². The molecule has 1 aromatic rings. The summed E-state index contributed by atoms with van der Waals surface area (Å²) in [5, 5.41) is 0. The molecule has 4 fully saturated rings. The lowest BCUT2D eigenvalue weighted by molar-refractivity contribution is -0.0524. The molecule has 0 saturated heterocycles. The molecule has 0 unspecified atom stereocenters. The van der Waals surface area contributed by atoms with Crippen LogP contribution in [0.5, 0.6) is 0 Å². The lowest BCUT2D eigenvalue weighted by Crippen LogP contribution is -2.46. The molecule has 0 radical (unpaired) electrons. The Balaban J connectivity index is 1.57. The largest absolute Gasteiger partial charge is 0.294 e. The molecular weight excluding hydrogens is 264 g/mol. The second kappa shape index (κ2) is 4.43. The van der Waals surface area contributed by atoms with Gasteiger partial charge in [0.05, 0.1) is 0 Å². The average Bonchev–Trinajstić information content (AvgIpc) is 2.66. The van der Waals surface area contributed by atoms with Crippen LogP contribution < -0.4 is 0 Å². The van der Waals surface area contributed by atoms with Crippen LogP contribution in [0.1, 0.15) is 65.1 Å². The van der Waals surface area contributed by atoms with Crippen LogP contribution in [0.4, 0.5) is 0 Å². The Morgan fingerprint density at radius 3 is 2.15 bits per heavy atom. The second-order valence-electron chi connectivity index (χ2n) is 7.84. The van der Waals surface area contributed by atoms with Crippen LogP contribution in [0.3, 0.4) is 0 Å². The summed E-state index contributed by atoms with van der Waals surface area (Å²) >= 11 is 1.77. The van der Waals surface area contributed by atoms with Crippen LogP contribution in [0, 0.1) is 37.0 Å². The van der Waals surface area contributed by atoms with Gasteiger partial charge in [0.1, 0.15) is 0 Å². The van der Waals surface area contributed by atoms with Crippen molar-refractivity contribution in [2.24, 2.45) is 23.2 Å². The SMILES string of the molecule is Cc1cc(C(=O)CC23CC4CC(CC(C4)C2)C3)c(C)s1. The Morgan fingerprint density at radius 1 is 1.15 bits per heavy atom. The number of carbonyl (C=O) groups is 1. The summed E-state index contributed by atoms with van der Waals surface area (Å²) in [5.41, 5.74) is 1.40. The van der Waals surface area contributed by atoms with Gasteiger partial charge in [0.25, 0.3) is 0 Å². The third kappa shape index (κ3) is 2.07. The van der Waals surface area contributed by atoms with Crippen molar-refractivity contribution < 1.29 is 4.79 Å². The molecule has 0 aromatic carbocycles. The highest BCUT2D eigenvalue weighted by molar-refractivity contribution is 7.12. The molecule has 1 heterocycles. The molecule has 0 N–H and O–H groups in total. The normalized spacial score (nSPS) is 38.4. The number of aryl methyl sites for hydroxylation is 2. The van der Waals surface area contributed by atoms with E-state index in [9.17, 15) is 4.79 Å². The van der Waals surface area contributed by atoms with E-state index in [1.54, 1.807) is 11.3 Å². The van der Waals surface area contributed by atoms with Crippen LogP contribution in [-0.2, 0) is 0 Å². The lowest BCUT2D eigenvalue weighted by Gasteiger charge is -2.56. The molecule has 2 heteroatoms. The van der Waals surface area contributed by atoms with Crippen molar-refractivity contribution in [1.82, 2.24) is 0 Å². The molecule has 0 aliphatic heterocycles. The van der Waals surface area contributed by atoms with Gasteiger partial charge in [0.2, 0.25) is 0 Å². The maximum Gasteiger partial charge on any atom is 0.164 e. The number of thiophene rings is 1. The smallest absolute Gasteiger partial charge is 0.164 e. The zero-order valence-electron chi connectivity index (χ0n) is 12.6. The van der Waals surface area contributed by atoms with Gasteiger partial charge in [0, 0.05) is 21.7 Å². The Hall–Kier alpha value is -0.630. The summed E-state index contributed by atoms with van der Waals surface area (Å²) in [6, 6.07) is 2.11. The number of carbonyl (C=O) groups excluding carboxylic acids is 1. The standard InChI is InChI=1S/C18H24OS/c1-11-3-16(12(2)20-11)17(19)10-18-7-13-4-14(8-18)6-15(5-13)9-18/h3,13-15H,4-10H2,1-2H3. The van der Waals surface area contributed by atoms with E-state index < -0.39 is 0 Å². The summed E-state index contributed by atoms with van der Waals surface area (Å²) in [5.74, 6) is 3.26. The molecule has 4 aliphatic rings. The third-order valence-electron chi connectivity index (χ3n) is 6.04. The molecule has 4 aliphatic carbocycles. The second-order valence-corrected chi connectivity index (χ2v) is 9.30. The fourth-order valence-corrected chi connectivity index (χ4v) is 6.79. The Labute approximate surface area is 125 Å². The first-order valence-corrected chi connectivity index (χ1v) is 8.95. The molecule has 20 heavy (non-hydrogen) atoms. The van der Waals surface area contributed by atoms with E-state index in [1.165, 1.54) is 48.3 Å². The van der Waals surface area contributed by atoms with Crippen molar-refractivity contribution >= 4 is 17.1 Å². The first-order valence-electron chi connectivity index (χ1n) is 8.13. The third-order valence-corrected chi connectivity index (χ3v) is 7.01. The molecule has 0 atom stereocenters. The molecule has 108 valence electrons. The van der Waals surface area contributed by atoms with Crippen molar-refractivity contribution in [3.8, 4) is 0 Å². The molecule has 4 saturated carbocycles. The first kappa shape index (κ1) is 13.1. The molecule has 4 bridgehead atoms. The van der Waals surface area contributed by atoms with Crippen LogP contribution >= 0.6 is 11.3 Å². The number of rotatable bonds is 3. The molecule has 1 aromatic heterocycles. The predicted octanol–water partition coefficient (Wildman–Crippen LogP) is 5.15. The maximum atomic E-state index is 12.8. The molecule has 1 nitrogen and oxygen atoms in total. The fourth-order valence-electron chi connectivity index (χ4n) is 5.85. The molecule has 0 amide bonds. The Kier molecular flexibility index (Phi) is 2.89. The highest BCUT2D eigenvalue weighted by Crippen LogP contribution is 2.61. The number of hydrogen-bond donors (Lipinski definition) is 0. The van der Waals surface area contributed by atoms with Crippen molar-refractivity contribution in [1.29, 1.82) is 0 Å². The van der Waals surface area contributed by atoms with Crippen molar-refractivity contribution in [3.05, 3.63) is 21.4 Å².